The first-order chi connectivity index (χ1) is 10.0. The minimum absolute atomic E-state index is 0.0304. The van der Waals surface area contributed by atoms with E-state index in [2.05, 4.69) is 0 Å². The smallest absolute Gasteiger partial charge is 0.304 e. The molecule has 0 atom stereocenters. The summed E-state index contributed by atoms with van der Waals surface area (Å²) in [5.74, 6) is -0.638. The lowest BCUT2D eigenvalue weighted by atomic mass is 10.2. The van der Waals surface area contributed by atoms with Gasteiger partial charge >= 0.3 is 5.69 Å². The molecule has 0 aliphatic heterocycles. The number of hydrogen-bond acceptors (Lipinski definition) is 4. The molecule has 0 N–H and O–H groups in total. The molecule has 2 aromatic carbocycles. The van der Waals surface area contributed by atoms with Gasteiger partial charge < -0.3 is 4.74 Å². The Morgan fingerprint density at radius 3 is 2.67 bits per heavy atom. The molecular formula is C14H9ClFNO4. The molecule has 0 fully saturated rings. The molecule has 0 aliphatic rings. The van der Waals surface area contributed by atoms with Gasteiger partial charge in [0.2, 0.25) is 5.82 Å². The van der Waals surface area contributed by atoms with Crippen molar-refractivity contribution in [3.05, 3.63) is 68.5 Å². The average Bonchev–Trinajstić information content (AvgIpc) is 2.45. The summed E-state index contributed by atoms with van der Waals surface area (Å²) in [6, 6.07) is 8.00. The van der Waals surface area contributed by atoms with Crippen LogP contribution in [0.4, 0.5) is 10.1 Å². The minimum atomic E-state index is -0.937. The summed E-state index contributed by atoms with van der Waals surface area (Å²) in [6.45, 7) is -0.0304. The molecule has 2 rings (SSSR count). The Morgan fingerprint density at radius 1 is 1.29 bits per heavy atom. The standard InChI is InChI=1S/C14H9ClFNO4/c15-11-2-4-14(10(6-11)7-18)21-8-9-1-3-13(17(19)20)12(16)5-9/h1-7H,8H2. The molecule has 0 unspecified atom stereocenters. The van der Waals surface area contributed by atoms with E-state index in [1.807, 2.05) is 0 Å². The topological polar surface area (TPSA) is 69.4 Å². The van der Waals surface area contributed by atoms with Gasteiger partial charge in [-0.25, -0.2) is 0 Å². The molecule has 0 aromatic heterocycles. The number of benzene rings is 2. The largest absolute Gasteiger partial charge is 0.488 e. The van der Waals surface area contributed by atoms with E-state index < -0.39 is 16.4 Å². The van der Waals surface area contributed by atoms with Gasteiger partial charge in [-0.1, -0.05) is 11.6 Å². The number of ether oxygens (including phenoxy) is 1. The summed E-state index contributed by atoms with van der Waals surface area (Å²) in [6.07, 6.45) is 0.595. The zero-order valence-corrected chi connectivity index (χ0v) is 11.3. The normalized spacial score (nSPS) is 10.2. The maximum Gasteiger partial charge on any atom is 0.304 e. The molecule has 21 heavy (non-hydrogen) atoms. The lowest BCUT2D eigenvalue weighted by molar-refractivity contribution is -0.387. The molecule has 0 heterocycles. The summed E-state index contributed by atoms with van der Waals surface area (Å²) in [4.78, 5) is 20.6. The number of hydrogen-bond donors (Lipinski definition) is 0. The van der Waals surface area contributed by atoms with E-state index in [0.29, 0.717) is 22.6 Å². The molecule has 108 valence electrons. The van der Waals surface area contributed by atoms with Gasteiger partial charge in [0.05, 0.1) is 10.5 Å². The Bertz CT molecular complexity index is 705. The number of nitro groups is 1. The summed E-state index contributed by atoms with van der Waals surface area (Å²) in [7, 11) is 0. The van der Waals surface area contributed by atoms with E-state index in [0.717, 1.165) is 12.1 Å². The molecule has 2 aromatic rings. The monoisotopic (exact) mass is 309 g/mol. The van der Waals surface area contributed by atoms with Crippen LogP contribution in [0.25, 0.3) is 0 Å². The highest BCUT2D eigenvalue weighted by atomic mass is 35.5. The van der Waals surface area contributed by atoms with Crippen molar-refractivity contribution in [2.24, 2.45) is 0 Å². The van der Waals surface area contributed by atoms with Crippen LogP contribution in [-0.2, 0) is 6.61 Å². The number of carbonyl (C=O) groups excluding carboxylic acids is 1. The lowest BCUT2D eigenvalue weighted by Gasteiger charge is -2.09. The molecule has 0 radical (unpaired) electrons. The van der Waals surface area contributed by atoms with Crippen molar-refractivity contribution in [3.63, 3.8) is 0 Å². The molecule has 0 saturated heterocycles. The average molecular weight is 310 g/mol. The quantitative estimate of drug-likeness (QED) is 0.479. The van der Waals surface area contributed by atoms with Crippen molar-refractivity contribution in [1.29, 1.82) is 0 Å². The second kappa shape index (κ2) is 6.32. The van der Waals surface area contributed by atoms with Gasteiger partial charge in [-0.05, 0) is 35.9 Å². The van der Waals surface area contributed by atoms with Crippen molar-refractivity contribution >= 4 is 23.6 Å². The molecule has 0 bridgehead atoms. The summed E-state index contributed by atoms with van der Waals surface area (Å²) in [5.41, 5.74) is 0.0774. The maximum atomic E-state index is 13.5. The Balaban J connectivity index is 2.15. The highest BCUT2D eigenvalue weighted by Crippen LogP contribution is 2.23. The molecule has 0 aliphatic carbocycles. The summed E-state index contributed by atoms with van der Waals surface area (Å²) < 4.78 is 18.9. The second-order valence-corrected chi connectivity index (χ2v) is 4.57. The number of aldehydes is 1. The molecule has 0 saturated carbocycles. The van der Waals surface area contributed by atoms with E-state index >= 15 is 0 Å². The van der Waals surface area contributed by atoms with E-state index in [-0.39, 0.29) is 12.2 Å². The molecular weight excluding hydrogens is 301 g/mol. The molecule has 5 nitrogen and oxygen atoms in total. The van der Waals surface area contributed by atoms with Gasteiger partial charge in [0.15, 0.2) is 6.29 Å². The zero-order chi connectivity index (χ0) is 15.4. The van der Waals surface area contributed by atoms with E-state index in [9.17, 15) is 19.3 Å². The van der Waals surface area contributed by atoms with Crippen LogP contribution in [0, 0.1) is 15.9 Å². The van der Waals surface area contributed by atoms with Crippen molar-refractivity contribution in [2.75, 3.05) is 0 Å². The van der Waals surface area contributed by atoms with E-state index in [1.165, 1.54) is 18.2 Å². The second-order valence-electron chi connectivity index (χ2n) is 4.13. The number of nitro benzene ring substituents is 1. The fraction of sp³-hybridized carbons (Fsp3) is 0.0714. The van der Waals surface area contributed by atoms with Crippen LogP contribution in [0.2, 0.25) is 5.02 Å². The first-order valence-corrected chi connectivity index (χ1v) is 6.19. The summed E-state index contributed by atoms with van der Waals surface area (Å²) >= 11 is 5.75. The van der Waals surface area contributed by atoms with E-state index in [4.69, 9.17) is 16.3 Å². The van der Waals surface area contributed by atoms with Crippen LogP contribution in [0.3, 0.4) is 0 Å². The molecule has 7 heteroatoms. The maximum absolute atomic E-state index is 13.5. The van der Waals surface area contributed by atoms with Gasteiger partial charge in [0.1, 0.15) is 12.4 Å². The van der Waals surface area contributed by atoms with E-state index in [1.54, 1.807) is 6.07 Å². The third-order valence-electron chi connectivity index (χ3n) is 2.70. The zero-order valence-electron chi connectivity index (χ0n) is 10.6. The van der Waals surface area contributed by atoms with Crippen LogP contribution in [0.5, 0.6) is 5.75 Å². The predicted molar refractivity (Wildman–Crippen MR) is 74.2 cm³/mol. The van der Waals surface area contributed by atoms with Gasteiger partial charge in [-0.3, -0.25) is 14.9 Å². The highest BCUT2D eigenvalue weighted by Gasteiger charge is 2.14. The first kappa shape index (κ1) is 14.9. The van der Waals surface area contributed by atoms with Crippen molar-refractivity contribution in [1.82, 2.24) is 0 Å². The minimum Gasteiger partial charge on any atom is -0.488 e. The predicted octanol–water partition coefficient (Wildman–Crippen LogP) is 3.78. The van der Waals surface area contributed by atoms with Gasteiger partial charge in [0, 0.05) is 11.1 Å². The van der Waals surface area contributed by atoms with Crippen LogP contribution >= 0.6 is 11.6 Å². The van der Waals surface area contributed by atoms with Crippen molar-refractivity contribution in [3.8, 4) is 5.75 Å². The number of rotatable bonds is 5. The third-order valence-corrected chi connectivity index (χ3v) is 2.94. The Morgan fingerprint density at radius 2 is 2.05 bits per heavy atom. The van der Waals surface area contributed by atoms with Gasteiger partial charge in [-0.2, -0.15) is 4.39 Å². The Kier molecular flexibility index (Phi) is 4.49. The van der Waals surface area contributed by atoms with Crippen molar-refractivity contribution < 1.29 is 18.8 Å². The Labute approximate surface area is 124 Å². The molecule has 0 amide bonds. The molecule has 0 spiro atoms. The van der Waals surface area contributed by atoms with Crippen LogP contribution in [-0.4, -0.2) is 11.2 Å². The Hall–Kier alpha value is -2.47. The third kappa shape index (κ3) is 3.55. The van der Waals surface area contributed by atoms with Crippen LogP contribution in [0.1, 0.15) is 15.9 Å². The fourth-order valence-corrected chi connectivity index (χ4v) is 1.87. The fourth-order valence-electron chi connectivity index (χ4n) is 1.69. The van der Waals surface area contributed by atoms with Crippen LogP contribution in [0.15, 0.2) is 36.4 Å². The summed E-state index contributed by atoms with van der Waals surface area (Å²) in [5, 5.41) is 10.9. The van der Waals surface area contributed by atoms with Crippen LogP contribution < -0.4 is 4.74 Å². The lowest BCUT2D eigenvalue weighted by Crippen LogP contribution is -2.00. The number of nitrogens with zero attached hydrogens (tertiary/aromatic N) is 1. The van der Waals surface area contributed by atoms with Gasteiger partial charge in [-0.15, -0.1) is 0 Å². The first-order valence-electron chi connectivity index (χ1n) is 5.81. The highest BCUT2D eigenvalue weighted by molar-refractivity contribution is 6.30. The number of halogens is 2. The SMILES string of the molecule is O=Cc1cc(Cl)ccc1OCc1ccc([N+](=O)[O-])c(F)c1. The van der Waals surface area contributed by atoms with Crippen molar-refractivity contribution in [2.45, 2.75) is 6.61 Å². The van der Waals surface area contributed by atoms with Gasteiger partial charge in [0.25, 0.3) is 0 Å². The number of carbonyl (C=O) groups is 1.